The average molecular weight is 445 g/mol. The highest BCUT2D eigenvalue weighted by Gasteiger charge is 2.39. The van der Waals surface area contributed by atoms with Gasteiger partial charge in [0.15, 0.2) is 17.3 Å². The first kappa shape index (κ1) is 20.8. The Morgan fingerprint density at radius 1 is 1.03 bits per heavy atom. The molecule has 33 heavy (non-hydrogen) atoms. The molecule has 3 amide bonds. The minimum atomic E-state index is -0.672. The summed E-state index contributed by atoms with van der Waals surface area (Å²) in [5.41, 5.74) is 3.83. The fourth-order valence-electron chi connectivity index (χ4n) is 4.41. The van der Waals surface area contributed by atoms with Crippen molar-refractivity contribution in [2.75, 3.05) is 13.3 Å². The van der Waals surface area contributed by atoms with E-state index < -0.39 is 12.1 Å². The number of rotatable bonds is 6. The number of nitrogens with one attached hydrogen (secondary N) is 1. The fourth-order valence-corrected chi connectivity index (χ4v) is 4.41. The van der Waals surface area contributed by atoms with Gasteiger partial charge >= 0.3 is 6.03 Å². The van der Waals surface area contributed by atoms with Crippen LogP contribution in [0.2, 0.25) is 0 Å². The van der Waals surface area contributed by atoms with E-state index in [-0.39, 0.29) is 25.0 Å². The summed E-state index contributed by atoms with van der Waals surface area (Å²) < 4.78 is 12.8. The molecule has 1 aromatic heterocycles. The lowest BCUT2D eigenvalue weighted by atomic mass is 10.1. The lowest BCUT2D eigenvalue weighted by molar-refractivity contribution is -0.127. The Morgan fingerprint density at radius 2 is 1.79 bits per heavy atom. The number of fused-ring (bicyclic) bond motifs is 1. The van der Waals surface area contributed by atoms with Gasteiger partial charge in [0, 0.05) is 35.1 Å². The molecule has 1 atom stereocenters. The van der Waals surface area contributed by atoms with Crippen LogP contribution in [0.5, 0.6) is 11.5 Å². The molecule has 2 aromatic carbocycles. The lowest BCUT2D eigenvalue weighted by Gasteiger charge is -2.13. The maximum absolute atomic E-state index is 13.1. The van der Waals surface area contributed by atoms with Crippen LogP contribution >= 0.6 is 0 Å². The van der Waals surface area contributed by atoms with Gasteiger partial charge in [-0.3, -0.25) is 14.5 Å². The van der Waals surface area contributed by atoms with Gasteiger partial charge in [-0.25, -0.2) is 4.79 Å². The highest BCUT2D eigenvalue weighted by Crippen LogP contribution is 2.35. The molecular formula is C25H23N3O5. The topological polar surface area (TPSA) is 89.9 Å². The Hall–Kier alpha value is -4.07. The lowest BCUT2D eigenvalue weighted by Crippen LogP contribution is -2.36. The number of hydrogen-bond donors (Lipinski definition) is 1. The van der Waals surface area contributed by atoms with Crippen LogP contribution in [0.3, 0.4) is 0 Å². The quantitative estimate of drug-likeness (QED) is 0.465. The van der Waals surface area contributed by atoms with E-state index in [0.29, 0.717) is 23.5 Å². The van der Waals surface area contributed by atoms with Crippen molar-refractivity contribution in [3.63, 3.8) is 0 Å². The number of imide groups is 1. The van der Waals surface area contributed by atoms with Gasteiger partial charge in [-0.2, -0.15) is 0 Å². The number of ketones is 1. The minimum absolute atomic E-state index is 0.184. The molecule has 168 valence electrons. The van der Waals surface area contributed by atoms with E-state index in [1.54, 1.807) is 6.07 Å². The number of carbonyl (C=O) groups excluding carboxylic acids is 3. The number of amides is 3. The first-order chi connectivity index (χ1) is 15.9. The van der Waals surface area contributed by atoms with Crippen LogP contribution < -0.4 is 14.8 Å². The molecule has 8 nitrogen and oxygen atoms in total. The van der Waals surface area contributed by atoms with Gasteiger partial charge < -0.3 is 19.4 Å². The largest absolute Gasteiger partial charge is 0.454 e. The first-order valence-electron chi connectivity index (χ1n) is 10.7. The zero-order chi connectivity index (χ0) is 23.1. The minimum Gasteiger partial charge on any atom is -0.454 e. The standard InChI is InChI=1S/C25H23N3O5/c1-15-10-19(16(2)28(15)18-8-9-22-23(12-18)33-14-32-22)21(29)13-27-24(30)20(26-25(27)31)11-17-6-4-3-5-7-17/h3-10,12,20H,11,13-14H2,1-2H3,(H,26,31)/t20-/m1/s1. The van der Waals surface area contributed by atoms with E-state index in [1.807, 2.05) is 66.9 Å². The van der Waals surface area contributed by atoms with Crippen molar-refractivity contribution in [1.29, 1.82) is 0 Å². The molecule has 1 N–H and O–H groups in total. The van der Waals surface area contributed by atoms with Crippen molar-refractivity contribution < 1.29 is 23.9 Å². The zero-order valence-electron chi connectivity index (χ0n) is 18.3. The van der Waals surface area contributed by atoms with Crippen LogP contribution in [-0.2, 0) is 11.2 Å². The van der Waals surface area contributed by atoms with E-state index in [9.17, 15) is 14.4 Å². The maximum Gasteiger partial charge on any atom is 0.325 e. The number of urea groups is 1. The van der Waals surface area contributed by atoms with Gasteiger partial charge in [-0.15, -0.1) is 0 Å². The van der Waals surface area contributed by atoms with Crippen molar-refractivity contribution in [3.05, 3.63) is 77.1 Å². The molecule has 8 heteroatoms. The zero-order valence-corrected chi connectivity index (χ0v) is 18.3. The Kier molecular flexibility index (Phi) is 5.12. The van der Waals surface area contributed by atoms with E-state index in [1.165, 1.54) is 0 Å². The third-order valence-electron chi connectivity index (χ3n) is 6.04. The molecule has 0 unspecified atom stereocenters. The molecule has 0 spiro atoms. The van der Waals surface area contributed by atoms with Crippen LogP contribution in [0.4, 0.5) is 4.79 Å². The first-order valence-corrected chi connectivity index (χ1v) is 10.7. The summed E-state index contributed by atoms with van der Waals surface area (Å²) in [6, 6.07) is 15.6. The van der Waals surface area contributed by atoms with E-state index >= 15 is 0 Å². The number of hydrogen-bond acceptors (Lipinski definition) is 5. The highest BCUT2D eigenvalue weighted by atomic mass is 16.7. The predicted octanol–water partition coefficient (Wildman–Crippen LogP) is 3.17. The van der Waals surface area contributed by atoms with Crippen molar-refractivity contribution in [2.45, 2.75) is 26.3 Å². The second-order valence-corrected chi connectivity index (χ2v) is 8.20. The van der Waals surface area contributed by atoms with Gasteiger partial charge in [-0.05, 0) is 37.6 Å². The predicted molar refractivity (Wildman–Crippen MR) is 120 cm³/mol. The third-order valence-corrected chi connectivity index (χ3v) is 6.04. The molecular weight excluding hydrogens is 422 g/mol. The molecule has 3 heterocycles. The van der Waals surface area contributed by atoms with E-state index in [4.69, 9.17) is 9.47 Å². The molecule has 3 aromatic rings. The molecule has 0 radical (unpaired) electrons. The Balaban J connectivity index is 1.34. The Morgan fingerprint density at radius 3 is 2.58 bits per heavy atom. The molecule has 2 aliphatic rings. The van der Waals surface area contributed by atoms with Gasteiger partial charge in [0.05, 0.1) is 6.54 Å². The van der Waals surface area contributed by atoms with Crippen LogP contribution in [0.15, 0.2) is 54.6 Å². The van der Waals surface area contributed by atoms with E-state index in [2.05, 4.69) is 5.32 Å². The Labute approximate surface area is 190 Å². The normalized spacial score (nSPS) is 16.9. The number of carbonyl (C=O) groups is 3. The van der Waals surface area contributed by atoms with Crippen LogP contribution in [0, 0.1) is 13.8 Å². The second-order valence-electron chi connectivity index (χ2n) is 8.20. The fraction of sp³-hybridized carbons (Fsp3) is 0.240. The number of nitrogens with zero attached hydrogens (tertiary/aromatic N) is 2. The number of Topliss-reactive ketones (excluding diaryl/α,β-unsaturated/α-hetero) is 1. The number of aromatic nitrogens is 1. The maximum atomic E-state index is 13.1. The second kappa shape index (κ2) is 8.12. The van der Waals surface area contributed by atoms with Crippen LogP contribution in [0.1, 0.15) is 27.3 Å². The molecule has 2 aliphatic heterocycles. The van der Waals surface area contributed by atoms with Crippen molar-refractivity contribution >= 4 is 17.7 Å². The summed E-state index contributed by atoms with van der Waals surface area (Å²) in [6.07, 6.45) is 0.384. The van der Waals surface area contributed by atoms with E-state index in [0.717, 1.165) is 27.5 Å². The highest BCUT2D eigenvalue weighted by molar-refractivity contribution is 6.09. The van der Waals surface area contributed by atoms with Gasteiger partial charge in [-0.1, -0.05) is 30.3 Å². The SMILES string of the molecule is Cc1cc(C(=O)CN2C(=O)N[C@H](Cc3ccccc3)C2=O)c(C)n1-c1ccc2c(c1)OCO2. The summed E-state index contributed by atoms with van der Waals surface area (Å²) in [7, 11) is 0. The van der Waals surface area contributed by atoms with Gasteiger partial charge in [0.1, 0.15) is 6.04 Å². The smallest absolute Gasteiger partial charge is 0.325 e. The number of aryl methyl sites for hydroxylation is 1. The monoisotopic (exact) mass is 445 g/mol. The summed E-state index contributed by atoms with van der Waals surface area (Å²) in [6.45, 7) is 3.62. The summed E-state index contributed by atoms with van der Waals surface area (Å²) in [5, 5.41) is 2.69. The third kappa shape index (κ3) is 3.73. The summed E-state index contributed by atoms with van der Waals surface area (Å²) in [4.78, 5) is 39.4. The molecule has 0 bridgehead atoms. The molecule has 0 saturated carbocycles. The molecule has 5 rings (SSSR count). The van der Waals surface area contributed by atoms with Gasteiger partial charge in [0.25, 0.3) is 5.91 Å². The average Bonchev–Trinajstić information content (AvgIpc) is 3.46. The van der Waals surface area contributed by atoms with Crippen molar-refractivity contribution in [1.82, 2.24) is 14.8 Å². The number of ether oxygens (including phenoxy) is 2. The van der Waals surface area contributed by atoms with Crippen LogP contribution in [-0.4, -0.2) is 46.6 Å². The molecule has 1 saturated heterocycles. The summed E-state index contributed by atoms with van der Waals surface area (Å²) in [5.74, 6) is 0.651. The molecule has 0 aliphatic carbocycles. The van der Waals surface area contributed by atoms with Crippen molar-refractivity contribution in [3.8, 4) is 17.2 Å². The van der Waals surface area contributed by atoms with Crippen LogP contribution in [0.25, 0.3) is 5.69 Å². The van der Waals surface area contributed by atoms with Gasteiger partial charge in [0.2, 0.25) is 6.79 Å². The number of benzene rings is 2. The Bertz CT molecular complexity index is 1260. The molecule has 1 fully saturated rings. The summed E-state index contributed by atoms with van der Waals surface area (Å²) >= 11 is 0. The van der Waals surface area contributed by atoms with Crippen molar-refractivity contribution in [2.24, 2.45) is 0 Å².